The van der Waals surface area contributed by atoms with Gasteiger partial charge in [-0.25, -0.2) is 0 Å². The van der Waals surface area contributed by atoms with Crippen molar-refractivity contribution < 1.29 is 0 Å². The lowest BCUT2D eigenvalue weighted by atomic mass is 10.1. The van der Waals surface area contributed by atoms with Gasteiger partial charge in [0.2, 0.25) is 0 Å². The third-order valence-electron chi connectivity index (χ3n) is 1.75. The minimum atomic E-state index is 0.968. The monoisotopic (exact) mass is 157 g/mol. The van der Waals surface area contributed by atoms with Crippen molar-refractivity contribution in [3.8, 4) is 11.3 Å². The summed E-state index contributed by atoms with van der Waals surface area (Å²) in [6.45, 7) is 3.81. The fraction of sp³-hybridized carbons (Fsp3) is 0. The van der Waals surface area contributed by atoms with E-state index in [-0.39, 0.29) is 0 Å². The van der Waals surface area contributed by atoms with Crippen molar-refractivity contribution in [3.05, 3.63) is 49.0 Å². The molecule has 1 heterocycles. The van der Waals surface area contributed by atoms with E-state index in [2.05, 4.69) is 17.1 Å². The highest BCUT2D eigenvalue weighted by atomic mass is 15.1. The fourth-order valence-corrected chi connectivity index (χ4v) is 1.10. The summed E-state index contributed by atoms with van der Waals surface area (Å²) >= 11 is 0. The zero-order valence-corrected chi connectivity index (χ0v) is 6.62. The van der Waals surface area contributed by atoms with Crippen LogP contribution >= 0.6 is 0 Å². The average molecular weight is 157 g/mol. The largest absolute Gasteiger partial charge is 0.285 e. The van der Waals surface area contributed by atoms with E-state index in [0.717, 1.165) is 16.8 Å². The van der Waals surface area contributed by atoms with Gasteiger partial charge in [0.05, 0.1) is 5.69 Å². The van der Waals surface area contributed by atoms with Crippen molar-refractivity contribution in [2.75, 3.05) is 0 Å². The van der Waals surface area contributed by atoms with Gasteiger partial charge < -0.3 is 0 Å². The molecule has 0 amide bonds. The van der Waals surface area contributed by atoms with Crippen molar-refractivity contribution in [2.24, 2.45) is 0 Å². The van der Waals surface area contributed by atoms with Crippen LogP contribution in [0.3, 0.4) is 0 Å². The molecule has 59 valence electrons. The maximum Gasteiger partial charge on any atom is 0.0920 e. The summed E-state index contributed by atoms with van der Waals surface area (Å²) < 4.78 is 0. The minimum absolute atomic E-state index is 0.968. The van der Waals surface area contributed by atoms with Gasteiger partial charge in [0.1, 0.15) is 0 Å². The summed E-state index contributed by atoms with van der Waals surface area (Å²) in [6, 6.07) is 9.92. The number of aromatic nitrogens is 2. The number of benzene rings is 1. The molecule has 1 aromatic carbocycles. The molecule has 2 rings (SSSR count). The predicted molar refractivity (Wildman–Crippen MR) is 48.5 cm³/mol. The molecule has 0 fully saturated rings. The first kappa shape index (κ1) is 7.10. The standard InChI is InChI=1S/C10H9N2/c1-8-2-4-9(5-3-8)10-6-7-11-12-10/h2-7H,1H2,(H,11,12). The molecule has 2 heteroatoms. The van der Waals surface area contributed by atoms with Gasteiger partial charge in [-0.2, -0.15) is 5.10 Å². The fourth-order valence-electron chi connectivity index (χ4n) is 1.10. The van der Waals surface area contributed by atoms with E-state index >= 15 is 0 Å². The molecule has 2 nitrogen and oxygen atoms in total. The average Bonchev–Trinajstić information content (AvgIpc) is 2.58. The van der Waals surface area contributed by atoms with Crippen LogP contribution in [0.2, 0.25) is 0 Å². The number of hydrogen-bond acceptors (Lipinski definition) is 1. The lowest BCUT2D eigenvalue weighted by molar-refractivity contribution is 1.10. The number of nitrogens with one attached hydrogen (secondary N) is 1. The molecule has 1 N–H and O–H groups in total. The van der Waals surface area contributed by atoms with Crippen molar-refractivity contribution in [1.82, 2.24) is 10.2 Å². The maximum absolute atomic E-state index is 4.07. The molecule has 0 bridgehead atoms. The van der Waals surface area contributed by atoms with E-state index in [0.29, 0.717) is 0 Å². The van der Waals surface area contributed by atoms with E-state index < -0.39 is 0 Å². The Balaban J connectivity index is 2.43. The molecule has 0 aliphatic heterocycles. The molecule has 0 atom stereocenters. The molecule has 0 aliphatic rings. The third-order valence-corrected chi connectivity index (χ3v) is 1.75. The predicted octanol–water partition coefficient (Wildman–Crippen LogP) is 2.26. The molecule has 0 spiro atoms. The van der Waals surface area contributed by atoms with Gasteiger partial charge in [-0.3, -0.25) is 5.10 Å². The highest BCUT2D eigenvalue weighted by molar-refractivity contribution is 5.58. The quantitative estimate of drug-likeness (QED) is 0.675. The highest BCUT2D eigenvalue weighted by Crippen LogP contribution is 2.15. The van der Waals surface area contributed by atoms with Gasteiger partial charge in [-0.05, 0) is 18.6 Å². The highest BCUT2D eigenvalue weighted by Gasteiger charge is 1.96. The lowest BCUT2D eigenvalue weighted by Gasteiger charge is -1.95. The molecular formula is C10H9N2. The van der Waals surface area contributed by atoms with Crippen LogP contribution in [0.15, 0.2) is 36.5 Å². The summed E-state index contributed by atoms with van der Waals surface area (Å²) in [5, 5.41) is 6.85. The first-order valence-corrected chi connectivity index (χ1v) is 3.78. The van der Waals surface area contributed by atoms with E-state index in [9.17, 15) is 0 Å². The summed E-state index contributed by atoms with van der Waals surface area (Å²) in [5.74, 6) is 0. The number of H-pyrrole nitrogens is 1. The summed E-state index contributed by atoms with van der Waals surface area (Å²) in [5.41, 5.74) is 3.10. The van der Waals surface area contributed by atoms with E-state index in [1.165, 1.54) is 0 Å². The molecular weight excluding hydrogens is 148 g/mol. The molecule has 2 aromatic rings. The maximum atomic E-state index is 4.07. The first-order valence-electron chi connectivity index (χ1n) is 3.78. The molecule has 1 radical (unpaired) electrons. The van der Waals surface area contributed by atoms with Crippen LogP contribution in [-0.2, 0) is 0 Å². The molecule has 0 unspecified atom stereocenters. The van der Waals surface area contributed by atoms with Crippen molar-refractivity contribution >= 4 is 0 Å². The second-order valence-corrected chi connectivity index (χ2v) is 2.66. The Morgan fingerprint density at radius 2 is 1.83 bits per heavy atom. The number of nitrogens with zero attached hydrogens (tertiary/aromatic N) is 1. The number of hydrogen-bond donors (Lipinski definition) is 1. The second kappa shape index (κ2) is 2.81. The Morgan fingerprint density at radius 1 is 1.08 bits per heavy atom. The SMILES string of the molecule is [CH2]c1ccc(-c2cc[nH]n2)cc1. The minimum Gasteiger partial charge on any atom is -0.285 e. The van der Waals surface area contributed by atoms with Crippen LogP contribution < -0.4 is 0 Å². The Morgan fingerprint density at radius 3 is 2.42 bits per heavy atom. The van der Waals surface area contributed by atoms with Gasteiger partial charge >= 0.3 is 0 Å². The van der Waals surface area contributed by atoms with Crippen LogP contribution in [0.1, 0.15) is 5.56 Å². The summed E-state index contributed by atoms with van der Waals surface area (Å²) in [6.07, 6.45) is 1.81. The first-order chi connectivity index (χ1) is 5.86. The van der Waals surface area contributed by atoms with Gasteiger partial charge in [-0.15, -0.1) is 0 Å². The molecule has 0 saturated carbocycles. The molecule has 12 heavy (non-hydrogen) atoms. The van der Waals surface area contributed by atoms with Gasteiger partial charge in [-0.1, -0.05) is 24.3 Å². The summed E-state index contributed by atoms with van der Waals surface area (Å²) in [7, 11) is 0. The van der Waals surface area contributed by atoms with E-state index in [4.69, 9.17) is 0 Å². The zero-order chi connectivity index (χ0) is 8.39. The van der Waals surface area contributed by atoms with Crippen molar-refractivity contribution in [2.45, 2.75) is 0 Å². The van der Waals surface area contributed by atoms with Crippen molar-refractivity contribution in [1.29, 1.82) is 0 Å². The molecule has 0 saturated heterocycles. The van der Waals surface area contributed by atoms with Gasteiger partial charge in [0.25, 0.3) is 0 Å². The van der Waals surface area contributed by atoms with Gasteiger partial charge in [0.15, 0.2) is 0 Å². The Hall–Kier alpha value is -1.57. The zero-order valence-electron chi connectivity index (χ0n) is 6.62. The Kier molecular flexibility index (Phi) is 1.67. The molecule has 1 aromatic heterocycles. The van der Waals surface area contributed by atoms with Crippen molar-refractivity contribution in [3.63, 3.8) is 0 Å². The topological polar surface area (TPSA) is 28.7 Å². The van der Waals surface area contributed by atoms with E-state index in [1.54, 1.807) is 0 Å². The smallest absolute Gasteiger partial charge is 0.0920 e. The lowest BCUT2D eigenvalue weighted by Crippen LogP contribution is -1.77. The third kappa shape index (κ3) is 1.23. The van der Waals surface area contributed by atoms with Crippen LogP contribution in [-0.4, -0.2) is 10.2 Å². The Bertz CT molecular complexity index is 346. The van der Waals surface area contributed by atoms with Crippen LogP contribution in [0.5, 0.6) is 0 Å². The van der Waals surface area contributed by atoms with E-state index in [1.807, 2.05) is 36.5 Å². The number of rotatable bonds is 1. The van der Waals surface area contributed by atoms with Crippen LogP contribution in [0, 0.1) is 6.92 Å². The normalized spacial score (nSPS) is 10.1. The molecule has 0 aliphatic carbocycles. The number of aromatic amines is 1. The van der Waals surface area contributed by atoms with Crippen LogP contribution in [0.25, 0.3) is 11.3 Å². The van der Waals surface area contributed by atoms with Crippen LogP contribution in [0.4, 0.5) is 0 Å². The summed E-state index contributed by atoms with van der Waals surface area (Å²) in [4.78, 5) is 0. The second-order valence-electron chi connectivity index (χ2n) is 2.66. The Labute approximate surface area is 71.3 Å². The van der Waals surface area contributed by atoms with Gasteiger partial charge in [0, 0.05) is 11.8 Å².